The first kappa shape index (κ1) is 15.3. The van der Waals surface area contributed by atoms with Crippen molar-refractivity contribution in [1.29, 1.82) is 0 Å². The summed E-state index contributed by atoms with van der Waals surface area (Å²) in [5.74, 6) is 1.17. The predicted molar refractivity (Wildman–Crippen MR) is 91.5 cm³/mol. The quantitative estimate of drug-likeness (QED) is 0.777. The molecule has 0 radical (unpaired) electrons. The number of thiazole rings is 1. The lowest BCUT2D eigenvalue weighted by Crippen LogP contribution is -2.19. The standard InChI is InChI=1S/C17H16N2O3S/c1-11-3-5-12(6-4-11)22-10-16(20)19-17-18-14-9-13(21-2)7-8-15(14)23-17/h3-9H,10H2,1-2H3,(H,18,19,20). The van der Waals surface area contributed by atoms with Crippen molar-refractivity contribution in [3.63, 3.8) is 0 Å². The Morgan fingerprint density at radius 1 is 1.17 bits per heavy atom. The first-order valence-corrected chi connectivity index (χ1v) is 7.89. The number of aryl methyl sites for hydroxylation is 1. The molecule has 6 heteroatoms. The van der Waals surface area contributed by atoms with E-state index in [0.29, 0.717) is 10.9 Å². The molecule has 1 aromatic heterocycles. The molecule has 3 rings (SSSR count). The molecule has 0 bridgehead atoms. The zero-order valence-corrected chi connectivity index (χ0v) is 13.6. The Kier molecular flexibility index (Phi) is 4.43. The lowest BCUT2D eigenvalue weighted by molar-refractivity contribution is -0.118. The number of hydrogen-bond acceptors (Lipinski definition) is 5. The molecule has 2 aromatic carbocycles. The second-order valence-corrected chi connectivity index (χ2v) is 6.03. The van der Waals surface area contributed by atoms with Crippen molar-refractivity contribution in [2.24, 2.45) is 0 Å². The molecule has 0 saturated carbocycles. The second-order valence-electron chi connectivity index (χ2n) is 5.00. The topological polar surface area (TPSA) is 60.5 Å². The third kappa shape index (κ3) is 3.78. The van der Waals surface area contributed by atoms with E-state index in [4.69, 9.17) is 9.47 Å². The maximum Gasteiger partial charge on any atom is 0.264 e. The number of nitrogens with zero attached hydrogens (tertiary/aromatic N) is 1. The van der Waals surface area contributed by atoms with Crippen LogP contribution in [0.1, 0.15) is 5.56 Å². The number of hydrogen-bond donors (Lipinski definition) is 1. The van der Waals surface area contributed by atoms with Gasteiger partial charge in [0.25, 0.3) is 5.91 Å². The van der Waals surface area contributed by atoms with E-state index in [1.54, 1.807) is 7.11 Å². The Morgan fingerprint density at radius 3 is 2.65 bits per heavy atom. The average Bonchev–Trinajstić information content (AvgIpc) is 2.95. The number of carbonyl (C=O) groups is 1. The zero-order chi connectivity index (χ0) is 16.2. The van der Waals surface area contributed by atoms with E-state index in [-0.39, 0.29) is 12.5 Å². The van der Waals surface area contributed by atoms with Crippen molar-refractivity contribution in [2.45, 2.75) is 6.92 Å². The molecule has 0 fully saturated rings. The van der Waals surface area contributed by atoms with E-state index in [2.05, 4.69) is 10.3 Å². The van der Waals surface area contributed by atoms with Crippen LogP contribution in [0.4, 0.5) is 5.13 Å². The van der Waals surface area contributed by atoms with Gasteiger partial charge in [0, 0.05) is 6.07 Å². The number of benzene rings is 2. The summed E-state index contributed by atoms with van der Waals surface area (Å²) in [6, 6.07) is 13.2. The van der Waals surface area contributed by atoms with Gasteiger partial charge in [0.2, 0.25) is 0 Å². The molecule has 5 nitrogen and oxygen atoms in total. The molecule has 0 spiro atoms. The maximum atomic E-state index is 12.0. The summed E-state index contributed by atoms with van der Waals surface area (Å²) in [5.41, 5.74) is 1.94. The van der Waals surface area contributed by atoms with Crippen LogP contribution in [-0.4, -0.2) is 24.6 Å². The van der Waals surface area contributed by atoms with Crippen molar-refractivity contribution < 1.29 is 14.3 Å². The molecule has 0 aliphatic heterocycles. The molecular formula is C17H16N2O3S. The van der Waals surface area contributed by atoms with Gasteiger partial charge in [0.05, 0.1) is 17.3 Å². The third-order valence-corrected chi connectivity index (χ3v) is 4.18. The van der Waals surface area contributed by atoms with Gasteiger partial charge in [-0.25, -0.2) is 4.98 Å². The van der Waals surface area contributed by atoms with Crippen LogP contribution < -0.4 is 14.8 Å². The number of rotatable bonds is 5. The number of amides is 1. The van der Waals surface area contributed by atoms with Crippen molar-refractivity contribution >= 4 is 32.6 Å². The molecule has 0 aliphatic rings. The highest BCUT2D eigenvalue weighted by molar-refractivity contribution is 7.22. The highest BCUT2D eigenvalue weighted by Gasteiger charge is 2.09. The van der Waals surface area contributed by atoms with Crippen LogP contribution in [0.2, 0.25) is 0 Å². The highest BCUT2D eigenvalue weighted by Crippen LogP contribution is 2.28. The van der Waals surface area contributed by atoms with Crippen molar-refractivity contribution in [3.8, 4) is 11.5 Å². The molecule has 3 aromatic rings. The van der Waals surface area contributed by atoms with Gasteiger partial charge in [-0.1, -0.05) is 29.0 Å². The number of methoxy groups -OCH3 is 1. The largest absolute Gasteiger partial charge is 0.497 e. The van der Waals surface area contributed by atoms with Crippen LogP contribution in [0.3, 0.4) is 0 Å². The summed E-state index contributed by atoms with van der Waals surface area (Å²) in [6.45, 7) is 1.95. The monoisotopic (exact) mass is 328 g/mol. The highest BCUT2D eigenvalue weighted by atomic mass is 32.1. The van der Waals surface area contributed by atoms with Crippen LogP contribution in [0.25, 0.3) is 10.2 Å². The minimum absolute atomic E-state index is 0.0533. The summed E-state index contributed by atoms with van der Waals surface area (Å²) >= 11 is 1.41. The summed E-state index contributed by atoms with van der Waals surface area (Å²) in [7, 11) is 1.61. The number of ether oxygens (including phenoxy) is 2. The molecule has 1 amide bonds. The van der Waals surface area contributed by atoms with Crippen molar-refractivity contribution in [1.82, 2.24) is 4.98 Å². The molecule has 23 heavy (non-hydrogen) atoms. The molecule has 1 heterocycles. The zero-order valence-electron chi connectivity index (χ0n) is 12.8. The fraction of sp³-hybridized carbons (Fsp3) is 0.176. The molecule has 0 aliphatic carbocycles. The van der Waals surface area contributed by atoms with Gasteiger partial charge in [-0.15, -0.1) is 0 Å². The Bertz CT molecular complexity index is 827. The summed E-state index contributed by atoms with van der Waals surface area (Å²) < 4.78 is 11.6. The number of fused-ring (bicyclic) bond motifs is 1. The van der Waals surface area contributed by atoms with E-state index in [1.165, 1.54) is 11.3 Å². The van der Waals surface area contributed by atoms with Crippen LogP contribution in [0.5, 0.6) is 11.5 Å². The van der Waals surface area contributed by atoms with Crippen LogP contribution in [-0.2, 0) is 4.79 Å². The van der Waals surface area contributed by atoms with Gasteiger partial charge in [0.1, 0.15) is 11.5 Å². The first-order valence-electron chi connectivity index (χ1n) is 7.08. The Hall–Kier alpha value is -2.60. The minimum Gasteiger partial charge on any atom is -0.497 e. The molecule has 118 valence electrons. The smallest absolute Gasteiger partial charge is 0.264 e. The number of anilines is 1. The number of carbonyl (C=O) groups excluding carboxylic acids is 1. The number of nitrogens with one attached hydrogen (secondary N) is 1. The van der Waals surface area contributed by atoms with E-state index >= 15 is 0 Å². The van der Waals surface area contributed by atoms with Crippen LogP contribution in [0, 0.1) is 6.92 Å². The predicted octanol–water partition coefficient (Wildman–Crippen LogP) is 3.63. The Labute approximate surface area is 137 Å². The van der Waals surface area contributed by atoms with Gasteiger partial charge in [-0.3, -0.25) is 10.1 Å². The van der Waals surface area contributed by atoms with E-state index in [1.807, 2.05) is 49.4 Å². The van der Waals surface area contributed by atoms with Gasteiger partial charge in [-0.05, 0) is 31.2 Å². The van der Waals surface area contributed by atoms with Gasteiger partial charge < -0.3 is 9.47 Å². The molecule has 0 atom stereocenters. The fourth-order valence-corrected chi connectivity index (χ4v) is 2.89. The fourth-order valence-electron chi connectivity index (χ4n) is 2.03. The van der Waals surface area contributed by atoms with E-state index < -0.39 is 0 Å². The third-order valence-electron chi connectivity index (χ3n) is 3.23. The summed E-state index contributed by atoms with van der Waals surface area (Å²) in [5, 5.41) is 3.30. The molecule has 1 N–H and O–H groups in total. The Balaban J connectivity index is 1.62. The lowest BCUT2D eigenvalue weighted by atomic mass is 10.2. The molecule has 0 unspecified atom stereocenters. The van der Waals surface area contributed by atoms with Crippen LogP contribution >= 0.6 is 11.3 Å². The first-order chi connectivity index (χ1) is 11.1. The van der Waals surface area contributed by atoms with Crippen LogP contribution in [0.15, 0.2) is 42.5 Å². The number of aromatic nitrogens is 1. The van der Waals surface area contributed by atoms with Gasteiger partial charge in [-0.2, -0.15) is 0 Å². The van der Waals surface area contributed by atoms with E-state index in [9.17, 15) is 4.79 Å². The lowest BCUT2D eigenvalue weighted by Gasteiger charge is -2.05. The Morgan fingerprint density at radius 2 is 1.91 bits per heavy atom. The average molecular weight is 328 g/mol. The molecule has 0 saturated heterocycles. The minimum atomic E-state index is -0.239. The summed E-state index contributed by atoms with van der Waals surface area (Å²) in [6.07, 6.45) is 0. The maximum absolute atomic E-state index is 12.0. The summed E-state index contributed by atoms with van der Waals surface area (Å²) in [4.78, 5) is 16.3. The normalized spacial score (nSPS) is 10.5. The second kappa shape index (κ2) is 6.66. The SMILES string of the molecule is COc1ccc2sc(NC(=O)COc3ccc(C)cc3)nc2c1. The van der Waals surface area contributed by atoms with E-state index in [0.717, 1.165) is 21.5 Å². The van der Waals surface area contributed by atoms with Gasteiger partial charge in [0.15, 0.2) is 11.7 Å². The van der Waals surface area contributed by atoms with Gasteiger partial charge >= 0.3 is 0 Å². The van der Waals surface area contributed by atoms with Crippen molar-refractivity contribution in [2.75, 3.05) is 19.0 Å². The molecular weight excluding hydrogens is 312 g/mol. The van der Waals surface area contributed by atoms with Crippen molar-refractivity contribution in [3.05, 3.63) is 48.0 Å².